The van der Waals surface area contributed by atoms with Crippen molar-refractivity contribution in [1.82, 2.24) is 4.98 Å². The summed E-state index contributed by atoms with van der Waals surface area (Å²) < 4.78 is 31.2. The van der Waals surface area contributed by atoms with Gasteiger partial charge in [0.05, 0.1) is 33.9 Å². The Hall–Kier alpha value is -4.33. The maximum Gasteiger partial charge on any atom is 0.296 e. The lowest BCUT2D eigenvalue weighted by Crippen LogP contribution is -2.30. The summed E-state index contributed by atoms with van der Waals surface area (Å²) in [5.41, 5.74) is -0.156. The number of aromatic nitrogens is 1. The third-order valence-corrected chi connectivity index (χ3v) is 9.16. The fourth-order valence-corrected chi connectivity index (χ4v) is 6.56. The standard InChI is InChI=1S/C24H14ClN3O8S2/c25-14-5-3-13(4-6-14)20-19(21(29)17-2-1-11-36-17)22(30)23(31)27(20)24-26-12-18(37-24)38(34,35)16-9-7-15(8-10-16)28(32)33/h1-12,20,30H/t20-/m1/s1. The maximum atomic E-state index is 13.2. The molecule has 2 aromatic heterocycles. The quantitative estimate of drug-likeness (QED) is 0.184. The van der Waals surface area contributed by atoms with E-state index in [-0.39, 0.29) is 31.3 Å². The van der Waals surface area contributed by atoms with Gasteiger partial charge in [0.25, 0.3) is 11.6 Å². The molecule has 2 aromatic carbocycles. The predicted molar refractivity (Wildman–Crippen MR) is 135 cm³/mol. The summed E-state index contributed by atoms with van der Waals surface area (Å²) in [5, 5.41) is 22.0. The molecule has 0 spiro atoms. The first kappa shape index (κ1) is 25.3. The lowest BCUT2D eigenvalue weighted by Gasteiger charge is -2.24. The number of Topliss-reactive ketones (excluding diaryl/α,β-unsaturated/α-hetero) is 1. The minimum absolute atomic E-state index is 0.107. The van der Waals surface area contributed by atoms with E-state index in [9.17, 15) is 33.2 Å². The zero-order valence-corrected chi connectivity index (χ0v) is 21.2. The minimum atomic E-state index is -4.15. The minimum Gasteiger partial charge on any atom is -0.503 e. The summed E-state index contributed by atoms with van der Waals surface area (Å²) in [6.07, 6.45) is 2.30. The van der Waals surface area contributed by atoms with Gasteiger partial charge < -0.3 is 9.52 Å². The molecule has 0 unspecified atom stereocenters. The van der Waals surface area contributed by atoms with Gasteiger partial charge in [-0.2, -0.15) is 0 Å². The number of sulfone groups is 1. The van der Waals surface area contributed by atoms with Crippen molar-refractivity contribution in [2.45, 2.75) is 15.1 Å². The number of benzene rings is 2. The van der Waals surface area contributed by atoms with Crippen molar-refractivity contribution in [2.24, 2.45) is 0 Å². The molecule has 1 atom stereocenters. The number of furan rings is 1. The number of hydrogen-bond donors (Lipinski definition) is 1. The van der Waals surface area contributed by atoms with Crippen molar-refractivity contribution in [1.29, 1.82) is 0 Å². The molecule has 11 nitrogen and oxygen atoms in total. The van der Waals surface area contributed by atoms with E-state index in [2.05, 4.69) is 4.98 Å². The molecule has 4 aromatic rings. The highest BCUT2D eigenvalue weighted by molar-refractivity contribution is 7.93. The first-order valence-corrected chi connectivity index (χ1v) is 13.3. The molecule has 0 radical (unpaired) electrons. The molecule has 14 heteroatoms. The molecule has 192 valence electrons. The van der Waals surface area contributed by atoms with Gasteiger partial charge in [0.1, 0.15) is 4.21 Å². The lowest BCUT2D eigenvalue weighted by atomic mass is 9.95. The Bertz CT molecular complexity index is 1710. The van der Waals surface area contributed by atoms with Gasteiger partial charge in [-0.05, 0) is 42.0 Å². The average Bonchev–Trinajstić information content (AvgIpc) is 3.65. The summed E-state index contributed by atoms with van der Waals surface area (Å²) in [6.45, 7) is 0. The fourth-order valence-electron chi connectivity index (χ4n) is 3.88. The lowest BCUT2D eigenvalue weighted by molar-refractivity contribution is -0.384. The van der Waals surface area contributed by atoms with Gasteiger partial charge >= 0.3 is 0 Å². The Labute approximate surface area is 223 Å². The number of aliphatic hydroxyl groups is 1. The summed E-state index contributed by atoms with van der Waals surface area (Å²) >= 11 is 6.64. The topological polar surface area (TPSA) is 161 Å². The number of nitro benzene ring substituents is 1. The van der Waals surface area contributed by atoms with Crippen LogP contribution >= 0.6 is 22.9 Å². The van der Waals surface area contributed by atoms with Crippen molar-refractivity contribution in [3.63, 3.8) is 0 Å². The number of amides is 1. The number of aliphatic hydroxyl groups excluding tert-OH is 1. The second-order valence-electron chi connectivity index (χ2n) is 7.91. The summed E-state index contributed by atoms with van der Waals surface area (Å²) in [4.78, 5) is 41.6. The Morgan fingerprint density at radius 3 is 2.42 bits per heavy atom. The molecular formula is C24H14ClN3O8S2. The van der Waals surface area contributed by atoms with Crippen molar-refractivity contribution in [3.05, 3.63) is 111 Å². The molecule has 3 heterocycles. The number of ketones is 1. The first-order valence-electron chi connectivity index (χ1n) is 10.7. The number of carbonyl (C=O) groups excluding carboxylic acids is 2. The molecule has 1 aliphatic heterocycles. The molecule has 1 aliphatic rings. The first-order chi connectivity index (χ1) is 18.1. The van der Waals surface area contributed by atoms with Gasteiger partial charge in [0.15, 0.2) is 16.7 Å². The number of nitrogens with zero attached hydrogens (tertiary/aromatic N) is 3. The number of nitro groups is 1. The number of anilines is 1. The van der Waals surface area contributed by atoms with E-state index in [0.717, 1.165) is 35.4 Å². The van der Waals surface area contributed by atoms with E-state index in [1.54, 1.807) is 12.1 Å². The van der Waals surface area contributed by atoms with Crippen molar-refractivity contribution in [2.75, 3.05) is 4.90 Å². The monoisotopic (exact) mass is 571 g/mol. The van der Waals surface area contributed by atoms with Gasteiger partial charge in [-0.3, -0.25) is 24.6 Å². The average molecular weight is 572 g/mol. The summed E-state index contributed by atoms with van der Waals surface area (Å²) in [6, 6.07) is 12.2. The van der Waals surface area contributed by atoms with Crippen LogP contribution in [0.15, 0.2) is 98.0 Å². The number of thiazole rings is 1. The second kappa shape index (κ2) is 9.52. The molecule has 0 saturated heterocycles. The normalized spacial score (nSPS) is 15.8. The van der Waals surface area contributed by atoms with E-state index in [0.29, 0.717) is 21.9 Å². The van der Waals surface area contributed by atoms with Gasteiger partial charge in [0.2, 0.25) is 15.6 Å². The highest BCUT2D eigenvalue weighted by Gasteiger charge is 2.46. The summed E-state index contributed by atoms with van der Waals surface area (Å²) in [5.74, 6) is -2.64. The fraction of sp³-hybridized carbons (Fsp3) is 0.0417. The Morgan fingerprint density at radius 2 is 1.82 bits per heavy atom. The molecule has 0 saturated carbocycles. The second-order valence-corrected chi connectivity index (χ2v) is 11.5. The van der Waals surface area contributed by atoms with E-state index in [4.69, 9.17) is 16.0 Å². The van der Waals surface area contributed by atoms with E-state index < -0.39 is 38.3 Å². The number of non-ortho nitro benzene ring substituents is 1. The van der Waals surface area contributed by atoms with Crippen LogP contribution in [0.4, 0.5) is 10.8 Å². The van der Waals surface area contributed by atoms with Crippen LogP contribution in [0, 0.1) is 10.1 Å². The molecule has 1 amide bonds. The van der Waals surface area contributed by atoms with E-state index >= 15 is 0 Å². The van der Waals surface area contributed by atoms with E-state index in [1.807, 2.05) is 0 Å². The molecule has 0 fully saturated rings. The highest BCUT2D eigenvalue weighted by atomic mass is 35.5. The van der Waals surface area contributed by atoms with Crippen LogP contribution in [0.5, 0.6) is 0 Å². The molecule has 38 heavy (non-hydrogen) atoms. The van der Waals surface area contributed by atoms with Crippen LogP contribution in [-0.2, 0) is 14.6 Å². The molecule has 5 rings (SSSR count). The zero-order valence-electron chi connectivity index (χ0n) is 18.8. The van der Waals surface area contributed by atoms with Crippen LogP contribution in [0.1, 0.15) is 22.2 Å². The SMILES string of the molecule is O=C(C1=C(O)C(=O)N(c2ncc(S(=O)(=O)c3ccc([N+](=O)[O-])cc3)s2)[C@@H]1c1ccc(Cl)cc1)c1ccco1. The Morgan fingerprint density at radius 1 is 1.13 bits per heavy atom. The summed E-state index contributed by atoms with van der Waals surface area (Å²) in [7, 11) is -4.15. The molecule has 0 bridgehead atoms. The maximum absolute atomic E-state index is 13.2. The smallest absolute Gasteiger partial charge is 0.296 e. The number of carbonyl (C=O) groups is 2. The van der Waals surface area contributed by atoms with Crippen LogP contribution in [0.25, 0.3) is 0 Å². The van der Waals surface area contributed by atoms with Gasteiger partial charge in [0, 0.05) is 17.2 Å². The van der Waals surface area contributed by atoms with Gasteiger partial charge in [-0.15, -0.1) is 0 Å². The van der Waals surface area contributed by atoms with Crippen LogP contribution in [0.2, 0.25) is 5.02 Å². The molecular weight excluding hydrogens is 558 g/mol. The van der Waals surface area contributed by atoms with Crippen LogP contribution in [0.3, 0.4) is 0 Å². The third kappa shape index (κ3) is 4.26. The zero-order chi connectivity index (χ0) is 27.2. The van der Waals surface area contributed by atoms with Gasteiger partial charge in [-0.1, -0.05) is 35.1 Å². The Kier molecular flexibility index (Phi) is 6.34. The third-order valence-electron chi connectivity index (χ3n) is 5.68. The molecule has 0 aliphatic carbocycles. The van der Waals surface area contributed by atoms with Crippen LogP contribution in [-0.4, -0.2) is 35.1 Å². The number of rotatable bonds is 7. The number of hydrogen-bond acceptors (Lipinski definition) is 10. The van der Waals surface area contributed by atoms with E-state index in [1.165, 1.54) is 30.5 Å². The van der Waals surface area contributed by atoms with Crippen LogP contribution < -0.4 is 4.90 Å². The van der Waals surface area contributed by atoms with Crippen molar-refractivity contribution in [3.8, 4) is 0 Å². The number of halogens is 1. The predicted octanol–water partition coefficient (Wildman–Crippen LogP) is 4.91. The van der Waals surface area contributed by atoms with Crippen molar-refractivity contribution < 1.29 is 32.5 Å². The Balaban J connectivity index is 1.57. The highest BCUT2D eigenvalue weighted by Crippen LogP contribution is 2.44. The van der Waals surface area contributed by atoms with Crippen molar-refractivity contribution >= 4 is 55.3 Å². The van der Waals surface area contributed by atoms with Gasteiger partial charge in [-0.25, -0.2) is 13.4 Å². The molecule has 1 N–H and O–H groups in total. The largest absolute Gasteiger partial charge is 0.503 e.